The van der Waals surface area contributed by atoms with Gasteiger partial charge < -0.3 is 9.64 Å². The summed E-state index contributed by atoms with van der Waals surface area (Å²) in [7, 11) is -2.03. The van der Waals surface area contributed by atoms with Crippen molar-refractivity contribution >= 4 is 44.3 Å². The molecular weight excluding hydrogens is 507 g/mol. The molecule has 7 nitrogen and oxygen atoms in total. The Kier molecular flexibility index (Phi) is 6.80. The molecule has 2 aromatic rings. The van der Waals surface area contributed by atoms with Crippen molar-refractivity contribution in [2.24, 2.45) is 0 Å². The van der Waals surface area contributed by atoms with E-state index in [-0.39, 0.29) is 11.8 Å². The van der Waals surface area contributed by atoms with Gasteiger partial charge in [0.15, 0.2) is 11.6 Å². The van der Waals surface area contributed by atoms with Gasteiger partial charge >= 0.3 is 0 Å². The number of anilines is 1. The van der Waals surface area contributed by atoms with Crippen LogP contribution >= 0.6 is 22.6 Å². The number of carbonyl (C=O) groups is 1. The van der Waals surface area contributed by atoms with Crippen LogP contribution in [0.15, 0.2) is 24.4 Å². The molecule has 1 N–H and O–H groups in total. The highest BCUT2D eigenvalue weighted by Crippen LogP contribution is 2.30. The van der Waals surface area contributed by atoms with Crippen molar-refractivity contribution in [1.29, 1.82) is 0 Å². The fourth-order valence-electron chi connectivity index (χ4n) is 2.10. The van der Waals surface area contributed by atoms with Gasteiger partial charge in [0.2, 0.25) is 10.0 Å². The second kappa shape index (κ2) is 8.55. The molecule has 1 aromatic carbocycles. The third-order valence-corrected chi connectivity index (χ3v) is 5.03. The summed E-state index contributed by atoms with van der Waals surface area (Å²) >= 11 is 2.06. The summed E-state index contributed by atoms with van der Waals surface area (Å²) in [6, 6.07) is 3.08. The number of hydrogen-bond donors (Lipinski definition) is 1. The van der Waals surface area contributed by atoms with E-state index in [9.17, 15) is 22.0 Å². The molecule has 2 rings (SSSR count). The molecule has 1 aromatic heterocycles. The molecule has 1 heterocycles. The Morgan fingerprint density at radius 1 is 1.25 bits per heavy atom. The summed E-state index contributed by atoms with van der Waals surface area (Å²) in [6.07, 6.45) is 2.10. The van der Waals surface area contributed by atoms with E-state index in [1.807, 2.05) is 25.8 Å². The van der Waals surface area contributed by atoms with Gasteiger partial charge in [0.05, 0.1) is 21.6 Å². The summed E-state index contributed by atoms with van der Waals surface area (Å²) in [5.41, 5.74) is -0.753. The molecule has 0 bridgehead atoms. The number of sulfonamides is 1. The first-order valence-electron chi connectivity index (χ1n) is 7.96. The zero-order valence-corrected chi connectivity index (χ0v) is 18.4. The number of amides is 1. The number of benzene rings is 1. The predicted octanol–water partition coefficient (Wildman–Crippen LogP) is 3.29. The number of pyridine rings is 1. The fourth-order valence-corrected chi connectivity index (χ4v) is 3.38. The SMILES string of the molecule is CC(C)N(C)c1ncc(Oc2cc(F)c(C(=O)NS(C)(=O)=O)cc2F)cc1I. The molecule has 0 radical (unpaired) electrons. The normalized spacial score (nSPS) is 11.4. The Labute approximate surface area is 175 Å². The fraction of sp³-hybridized carbons (Fsp3) is 0.294. The lowest BCUT2D eigenvalue weighted by molar-refractivity contribution is 0.0977. The van der Waals surface area contributed by atoms with Crippen LogP contribution in [0.5, 0.6) is 11.5 Å². The summed E-state index contributed by atoms with van der Waals surface area (Å²) < 4.78 is 58.3. The van der Waals surface area contributed by atoms with Crippen molar-refractivity contribution in [3.63, 3.8) is 0 Å². The number of halogens is 3. The largest absolute Gasteiger partial charge is 0.453 e. The van der Waals surface area contributed by atoms with Gasteiger partial charge in [-0.2, -0.15) is 0 Å². The lowest BCUT2D eigenvalue weighted by Crippen LogP contribution is -2.30. The molecule has 152 valence electrons. The van der Waals surface area contributed by atoms with E-state index in [0.29, 0.717) is 18.0 Å². The summed E-state index contributed by atoms with van der Waals surface area (Å²) in [4.78, 5) is 18.0. The van der Waals surface area contributed by atoms with Gasteiger partial charge in [0.25, 0.3) is 5.91 Å². The highest BCUT2D eigenvalue weighted by atomic mass is 127. The first-order valence-corrected chi connectivity index (χ1v) is 10.9. The maximum absolute atomic E-state index is 14.3. The molecule has 0 atom stereocenters. The number of ether oxygens (including phenoxy) is 1. The molecule has 0 fully saturated rings. The average Bonchev–Trinajstić information content (AvgIpc) is 2.55. The Morgan fingerprint density at radius 3 is 2.43 bits per heavy atom. The zero-order chi connectivity index (χ0) is 21.2. The lowest BCUT2D eigenvalue weighted by atomic mass is 10.2. The average molecular weight is 525 g/mol. The van der Waals surface area contributed by atoms with Gasteiger partial charge in [0.1, 0.15) is 17.4 Å². The smallest absolute Gasteiger partial charge is 0.267 e. The van der Waals surface area contributed by atoms with Gasteiger partial charge in [-0.05, 0) is 48.6 Å². The summed E-state index contributed by atoms with van der Waals surface area (Å²) in [5.74, 6) is -3.01. The van der Waals surface area contributed by atoms with Crippen molar-refractivity contribution in [2.45, 2.75) is 19.9 Å². The van der Waals surface area contributed by atoms with Gasteiger partial charge in [0, 0.05) is 19.2 Å². The zero-order valence-electron chi connectivity index (χ0n) is 15.5. The monoisotopic (exact) mass is 525 g/mol. The third-order valence-electron chi connectivity index (χ3n) is 3.68. The van der Waals surface area contributed by atoms with Crippen molar-refractivity contribution in [1.82, 2.24) is 9.71 Å². The summed E-state index contributed by atoms with van der Waals surface area (Å²) in [5, 5.41) is 0. The van der Waals surface area contributed by atoms with E-state index in [1.54, 1.807) is 10.8 Å². The number of aromatic nitrogens is 1. The Balaban J connectivity index is 2.29. The van der Waals surface area contributed by atoms with Crippen LogP contribution in [0.1, 0.15) is 24.2 Å². The number of carbonyl (C=O) groups excluding carboxylic acids is 1. The van der Waals surface area contributed by atoms with Crippen LogP contribution in [-0.4, -0.2) is 38.7 Å². The Bertz CT molecular complexity index is 1020. The Hall–Kier alpha value is -2.02. The van der Waals surface area contributed by atoms with Crippen molar-refractivity contribution in [3.8, 4) is 11.5 Å². The van der Waals surface area contributed by atoms with Crippen LogP contribution in [0.25, 0.3) is 0 Å². The molecule has 28 heavy (non-hydrogen) atoms. The second-order valence-corrected chi connectivity index (χ2v) is 9.16. The highest BCUT2D eigenvalue weighted by molar-refractivity contribution is 14.1. The maximum Gasteiger partial charge on any atom is 0.267 e. The third kappa shape index (κ3) is 5.50. The minimum atomic E-state index is -3.91. The molecule has 0 saturated heterocycles. The first-order chi connectivity index (χ1) is 12.9. The van der Waals surface area contributed by atoms with Gasteiger partial charge in [-0.3, -0.25) is 4.79 Å². The van der Waals surface area contributed by atoms with Crippen molar-refractivity contribution in [2.75, 3.05) is 18.2 Å². The van der Waals surface area contributed by atoms with E-state index in [1.165, 1.54) is 6.20 Å². The van der Waals surface area contributed by atoms with Crippen LogP contribution in [0.4, 0.5) is 14.6 Å². The number of nitrogens with one attached hydrogen (secondary N) is 1. The van der Waals surface area contributed by atoms with Gasteiger partial charge in [-0.25, -0.2) is 26.9 Å². The van der Waals surface area contributed by atoms with Crippen LogP contribution < -0.4 is 14.4 Å². The molecule has 0 aliphatic heterocycles. The topological polar surface area (TPSA) is 88.6 Å². The van der Waals surface area contributed by atoms with E-state index in [2.05, 4.69) is 27.6 Å². The Morgan fingerprint density at radius 2 is 1.89 bits per heavy atom. The highest BCUT2D eigenvalue weighted by Gasteiger charge is 2.20. The quantitative estimate of drug-likeness (QED) is 0.583. The standard InChI is InChI=1S/C17H18F2IN3O4S/c1-9(2)23(3)16-14(20)5-10(8-21-16)27-15-7-12(18)11(6-13(15)19)17(24)22-28(4,25)26/h5-9H,1-4H3,(H,22,24). The van der Waals surface area contributed by atoms with E-state index in [4.69, 9.17) is 4.74 Å². The molecule has 1 amide bonds. The number of rotatable bonds is 6. The summed E-state index contributed by atoms with van der Waals surface area (Å²) in [6.45, 7) is 4.00. The van der Waals surface area contributed by atoms with Crippen molar-refractivity contribution < 1.29 is 26.7 Å². The van der Waals surface area contributed by atoms with Gasteiger partial charge in [-0.1, -0.05) is 0 Å². The van der Waals surface area contributed by atoms with Crippen LogP contribution in [0, 0.1) is 15.2 Å². The van der Waals surface area contributed by atoms with E-state index >= 15 is 0 Å². The predicted molar refractivity (Wildman–Crippen MR) is 109 cm³/mol. The minimum Gasteiger partial charge on any atom is -0.453 e. The molecule has 0 spiro atoms. The van der Waals surface area contributed by atoms with Crippen LogP contribution in [0.3, 0.4) is 0 Å². The first kappa shape index (κ1) is 22.3. The van der Waals surface area contributed by atoms with Crippen LogP contribution in [0.2, 0.25) is 0 Å². The number of hydrogen-bond acceptors (Lipinski definition) is 6. The molecule has 11 heteroatoms. The molecular formula is C17H18F2IN3O4S. The van der Waals surface area contributed by atoms with Crippen LogP contribution in [-0.2, 0) is 10.0 Å². The minimum absolute atomic E-state index is 0.178. The lowest BCUT2D eigenvalue weighted by Gasteiger charge is -2.23. The molecule has 0 saturated carbocycles. The number of nitrogens with zero attached hydrogens (tertiary/aromatic N) is 2. The van der Waals surface area contributed by atoms with E-state index in [0.717, 1.165) is 9.83 Å². The molecule has 0 aliphatic rings. The van der Waals surface area contributed by atoms with Gasteiger partial charge in [-0.15, -0.1) is 0 Å². The maximum atomic E-state index is 14.3. The van der Waals surface area contributed by atoms with Crippen molar-refractivity contribution in [3.05, 3.63) is 45.2 Å². The molecule has 0 unspecified atom stereocenters. The molecule has 0 aliphatic carbocycles. The second-order valence-electron chi connectivity index (χ2n) is 6.25. The van der Waals surface area contributed by atoms with E-state index < -0.39 is 38.9 Å².